The van der Waals surface area contributed by atoms with E-state index in [0.29, 0.717) is 16.0 Å². The van der Waals surface area contributed by atoms with E-state index in [9.17, 15) is 0 Å². The lowest BCUT2D eigenvalue weighted by Crippen LogP contribution is -2.18. The molecular formula is C11H15Cl2N. The van der Waals surface area contributed by atoms with E-state index in [0.717, 1.165) is 12.0 Å². The number of halogens is 2. The first-order valence-corrected chi connectivity index (χ1v) is 5.53. The highest BCUT2D eigenvalue weighted by molar-refractivity contribution is 6.42. The van der Waals surface area contributed by atoms with Crippen LogP contribution in [0.3, 0.4) is 0 Å². The normalized spacial score (nSPS) is 15.2. The van der Waals surface area contributed by atoms with Crippen molar-refractivity contribution in [2.45, 2.75) is 26.3 Å². The van der Waals surface area contributed by atoms with Crippen LogP contribution in [0.15, 0.2) is 18.2 Å². The van der Waals surface area contributed by atoms with Gasteiger partial charge in [-0.05, 0) is 17.5 Å². The highest BCUT2D eigenvalue weighted by Crippen LogP contribution is 2.32. The predicted octanol–water partition coefficient (Wildman–Crippen LogP) is 4.04. The van der Waals surface area contributed by atoms with E-state index in [1.807, 2.05) is 12.1 Å². The summed E-state index contributed by atoms with van der Waals surface area (Å²) in [5.74, 6) is 0.408. The highest BCUT2D eigenvalue weighted by Gasteiger charge is 2.16. The van der Waals surface area contributed by atoms with Gasteiger partial charge >= 0.3 is 0 Å². The fourth-order valence-electron chi connectivity index (χ4n) is 1.34. The molecule has 1 unspecified atom stereocenters. The molecule has 0 aliphatic heterocycles. The second-order valence-electron chi connectivity index (χ2n) is 3.55. The zero-order valence-corrected chi connectivity index (χ0v) is 9.94. The molecule has 1 aromatic carbocycles. The fourth-order valence-corrected chi connectivity index (χ4v) is 1.77. The zero-order valence-electron chi connectivity index (χ0n) is 8.43. The van der Waals surface area contributed by atoms with Gasteiger partial charge in [0.25, 0.3) is 0 Å². The first-order chi connectivity index (χ1) is 6.57. The van der Waals surface area contributed by atoms with Crippen molar-refractivity contribution in [3.63, 3.8) is 0 Å². The smallest absolute Gasteiger partial charge is 0.0640 e. The lowest BCUT2D eigenvalue weighted by atomic mass is 9.93. The molecule has 2 N–H and O–H groups in total. The Hall–Kier alpha value is -0.240. The standard InChI is InChI=1S/C11H15Cl2N/c1-3-7(2)11(14)8-5-4-6-9(12)10(8)13/h4-7,11H,3,14H2,1-2H3/t7?,11-/m1/s1. The van der Waals surface area contributed by atoms with Gasteiger partial charge in [-0.2, -0.15) is 0 Å². The van der Waals surface area contributed by atoms with Crippen molar-refractivity contribution >= 4 is 23.2 Å². The Morgan fingerprint density at radius 1 is 1.36 bits per heavy atom. The van der Waals surface area contributed by atoms with Crippen molar-refractivity contribution in [1.82, 2.24) is 0 Å². The molecule has 0 aliphatic carbocycles. The average molecular weight is 232 g/mol. The summed E-state index contributed by atoms with van der Waals surface area (Å²) < 4.78 is 0. The van der Waals surface area contributed by atoms with Gasteiger partial charge in [0.2, 0.25) is 0 Å². The second-order valence-corrected chi connectivity index (χ2v) is 4.34. The Kier molecular flexibility index (Phi) is 4.24. The third-order valence-corrected chi connectivity index (χ3v) is 3.43. The monoisotopic (exact) mass is 231 g/mol. The first-order valence-electron chi connectivity index (χ1n) is 4.77. The molecule has 0 aromatic heterocycles. The van der Waals surface area contributed by atoms with Crippen LogP contribution in [0.5, 0.6) is 0 Å². The summed E-state index contributed by atoms with van der Waals surface area (Å²) >= 11 is 12.0. The maximum Gasteiger partial charge on any atom is 0.0640 e. The summed E-state index contributed by atoms with van der Waals surface area (Å²) in [5.41, 5.74) is 7.01. The quantitative estimate of drug-likeness (QED) is 0.836. The van der Waals surface area contributed by atoms with Crippen LogP contribution < -0.4 is 5.73 Å². The van der Waals surface area contributed by atoms with Crippen LogP contribution in [0, 0.1) is 5.92 Å². The van der Waals surface area contributed by atoms with E-state index in [1.54, 1.807) is 6.07 Å². The third kappa shape index (κ3) is 2.41. The predicted molar refractivity (Wildman–Crippen MR) is 62.8 cm³/mol. The van der Waals surface area contributed by atoms with E-state index in [2.05, 4.69) is 13.8 Å². The summed E-state index contributed by atoms with van der Waals surface area (Å²) in [6.45, 7) is 4.23. The number of nitrogens with two attached hydrogens (primary N) is 1. The van der Waals surface area contributed by atoms with Gasteiger partial charge in [-0.25, -0.2) is 0 Å². The molecular weight excluding hydrogens is 217 g/mol. The fraction of sp³-hybridized carbons (Fsp3) is 0.455. The van der Waals surface area contributed by atoms with Crippen LogP contribution in [0.25, 0.3) is 0 Å². The van der Waals surface area contributed by atoms with Crippen molar-refractivity contribution < 1.29 is 0 Å². The molecule has 78 valence electrons. The Bertz CT molecular complexity index is 312. The molecule has 1 rings (SSSR count). The first kappa shape index (κ1) is 11.8. The van der Waals surface area contributed by atoms with E-state index >= 15 is 0 Å². The zero-order chi connectivity index (χ0) is 10.7. The van der Waals surface area contributed by atoms with Crippen LogP contribution in [0.1, 0.15) is 31.9 Å². The van der Waals surface area contributed by atoms with Gasteiger partial charge in [0.1, 0.15) is 0 Å². The van der Waals surface area contributed by atoms with Gasteiger partial charge in [0, 0.05) is 6.04 Å². The summed E-state index contributed by atoms with van der Waals surface area (Å²) in [6, 6.07) is 5.55. The van der Waals surface area contributed by atoms with Gasteiger partial charge in [0.15, 0.2) is 0 Å². The topological polar surface area (TPSA) is 26.0 Å². The van der Waals surface area contributed by atoms with E-state index in [4.69, 9.17) is 28.9 Å². The maximum absolute atomic E-state index is 6.08. The average Bonchev–Trinajstić information content (AvgIpc) is 2.20. The van der Waals surface area contributed by atoms with E-state index in [1.165, 1.54) is 0 Å². The van der Waals surface area contributed by atoms with Gasteiger partial charge in [-0.3, -0.25) is 0 Å². The van der Waals surface area contributed by atoms with Gasteiger partial charge < -0.3 is 5.73 Å². The van der Waals surface area contributed by atoms with Crippen LogP contribution in [0.2, 0.25) is 10.0 Å². The minimum absolute atomic E-state index is 0.0359. The molecule has 0 saturated heterocycles. The van der Waals surface area contributed by atoms with Crippen molar-refractivity contribution in [1.29, 1.82) is 0 Å². The third-order valence-electron chi connectivity index (χ3n) is 2.60. The van der Waals surface area contributed by atoms with Crippen molar-refractivity contribution in [3.05, 3.63) is 33.8 Å². The molecule has 0 fully saturated rings. The lowest BCUT2D eigenvalue weighted by molar-refractivity contribution is 0.457. The lowest BCUT2D eigenvalue weighted by Gasteiger charge is -2.20. The Balaban J connectivity index is 3.01. The van der Waals surface area contributed by atoms with Gasteiger partial charge in [0.05, 0.1) is 10.0 Å². The molecule has 0 heterocycles. The number of rotatable bonds is 3. The molecule has 3 heteroatoms. The minimum Gasteiger partial charge on any atom is -0.324 e. The number of hydrogen-bond donors (Lipinski definition) is 1. The molecule has 0 saturated carbocycles. The van der Waals surface area contributed by atoms with Crippen LogP contribution in [0.4, 0.5) is 0 Å². The SMILES string of the molecule is CCC(C)[C@@H](N)c1cccc(Cl)c1Cl. The highest BCUT2D eigenvalue weighted by atomic mass is 35.5. The molecule has 0 aliphatic rings. The molecule has 0 spiro atoms. The molecule has 0 radical (unpaired) electrons. The molecule has 1 nitrogen and oxygen atoms in total. The Morgan fingerprint density at radius 3 is 2.57 bits per heavy atom. The summed E-state index contributed by atoms with van der Waals surface area (Å²) in [6.07, 6.45) is 1.03. The van der Waals surface area contributed by atoms with Gasteiger partial charge in [-0.15, -0.1) is 0 Å². The summed E-state index contributed by atoms with van der Waals surface area (Å²) in [5, 5.41) is 1.16. The Labute approximate surface area is 95.2 Å². The van der Waals surface area contributed by atoms with E-state index in [-0.39, 0.29) is 6.04 Å². The Morgan fingerprint density at radius 2 is 2.00 bits per heavy atom. The largest absolute Gasteiger partial charge is 0.324 e. The molecule has 2 atom stereocenters. The summed E-state index contributed by atoms with van der Waals surface area (Å²) in [7, 11) is 0. The van der Waals surface area contributed by atoms with Crippen molar-refractivity contribution in [2.24, 2.45) is 11.7 Å². The van der Waals surface area contributed by atoms with Crippen LogP contribution in [-0.2, 0) is 0 Å². The minimum atomic E-state index is -0.0359. The van der Waals surface area contributed by atoms with Crippen molar-refractivity contribution in [3.8, 4) is 0 Å². The molecule has 1 aromatic rings. The number of hydrogen-bond acceptors (Lipinski definition) is 1. The van der Waals surface area contributed by atoms with Gasteiger partial charge in [-0.1, -0.05) is 55.6 Å². The molecule has 14 heavy (non-hydrogen) atoms. The second kappa shape index (κ2) is 5.01. The number of benzene rings is 1. The van der Waals surface area contributed by atoms with Crippen LogP contribution in [-0.4, -0.2) is 0 Å². The maximum atomic E-state index is 6.08. The molecule has 0 amide bonds. The molecule has 0 bridgehead atoms. The van der Waals surface area contributed by atoms with Crippen molar-refractivity contribution in [2.75, 3.05) is 0 Å². The van der Waals surface area contributed by atoms with E-state index < -0.39 is 0 Å². The van der Waals surface area contributed by atoms with Crippen LogP contribution >= 0.6 is 23.2 Å². The summed E-state index contributed by atoms with van der Waals surface area (Å²) in [4.78, 5) is 0.